The Labute approximate surface area is 291 Å². The Kier molecular flexibility index (Phi) is 20.3. The molecule has 1 saturated heterocycles. The SMILES string of the molecule is CC(=O)O.CC(=O)O.CC(=O)OCC1CC(OC(C)=O)CC(NC(=O)COCCOCC(=O)Oc2c(C(F)(F)F)cc(Br)cc2S(=O)(=O)O)O1. The van der Waals surface area contributed by atoms with E-state index in [-0.39, 0.29) is 37.1 Å². The highest BCUT2D eigenvalue weighted by Gasteiger charge is 2.39. The van der Waals surface area contributed by atoms with Gasteiger partial charge in [0.05, 0.1) is 19.3 Å². The Morgan fingerprint density at radius 1 is 0.940 bits per heavy atom. The topological polar surface area (TPSA) is 265 Å². The van der Waals surface area contributed by atoms with Gasteiger partial charge in [0.2, 0.25) is 5.91 Å². The van der Waals surface area contributed by atoms with E-state index in [1.807, 2.05) is 0 Å². The van der Waals surface area contributed by atoms with Crippen molar-refractivity contribution in [2.75, 3.05) is 33.0 Å². The Bertz CT molecular complexity index is 1440. The summed E-state index contributed by atoms with van der Waals surface area (Å²) in [6.07, 6.45) is -6.91. The molecule has 1 aromatic carbocycles. The zero-order valence-corrected chi connectivity index (χ0v) is 29.2. The number of hydrogen-bond acceptors (Lipinski definition) is 14. The zero-order chi connectivity index (χ0) is 38.8. The Morgan fingerprint density at radius 3 is 1.96 bits per heavy atom. The maximum absolute atomic E-state index is 13.4. The average Bonchev–Trinajstić information content (AvgIpc) is 2.92. The molecule has 3 unspecified atom stereocenters. The van der Waals surface area contributed by atoms with Gasteiger partial charge in [-0.15, -0.1) is 0 Å². The standard InChI is InChI=1S/C23H27BrF3NO13S.2C2H4O2/c1-12(29)38-9-16-7-15(39-13(2)30)8-20(40-16)28-19(31)10-36-3-4-37-11-21(32)41-22-17(23(25,26)27)5-14(24)6-18(22)42(33,34)35;2*1-2(3)4/h5-6,15-16,20H,3-4,7-11H2,1-2H3,(H,28,31)(H,33,34,35);2*1H3,(H,3,4). The second-order valence-corrected chi connectivity index (χ2v) is 12.0. The highest BCUT2D eigenvalue weighted by Crippen LogP contribution is 2.42. The van der Waals surface area contributed by atoms with Crippen molar-refractivity contribution < 1.29 is 93.5 Å². The van der Waals surface area contributed by atoms with E-state index >= 15 is 0 Å². The van der Waals surface area contributed by atoms with Gasteiger partial charge in [-0.3, -0.25) is 28.5 Å². The number of rotatable bonds is 13. The number of hydrogen-bond donors (Lipinski definition) is 4. The molecule has 4 N–H and O–H groups in total. The van der Waals surface area contributed by atoms with E-state index in [9.17, 15) is 45.3 Å². The minimum Gasteiger partial charge on any atom is -0.481 e. The third-order valence-electron chi connectivity index (χ3n) is 5.13. The lowest BCUT2D eigenvalue weighted by Crippen LogP contribution is -2.49. The van der Waals surface area contributed by atoms with Crippen LogP contribution in [-0.2, 0) is 68.7 Å². The molecule has 0 radical (unpaired) electrons. The van der Waals surface area contributed by atoms with Gasteiger partial charge in [0.15, 0.2) is 5.75 Å². The number of aliphatic carboxylic acids is 2. The molecule has 0 aromatic heterocycles. The number of alkyl halides is 3. The van der Waals surface area contributed by atoms with Gasteiger partial charge >= 0.3 is 24.1 Å². The molecule has 1 amide bonds. The molecule has 284 valence electrons. The summed E-state index contributed by atoms with van der Waals surface area (Å²) in [5.41, 5.74) is -1.63. The molecule has 1 fully saturated rings. The number of esters is 3. The molecule has 1 aliphatic heterocycles. The maximum atomic E-state index is 13.4. The lowest BCUT2D eigenvalue weighted by Gasteiger charge is -2.34. The maximum Gasteiger partial charge on any atom is 0.420 e. The summed E-state index contributed by atoms with van der Waals surface area (Å²) in [6.45, 7) is 2.49. The summed E-state index contributed by atoms with van der Waals surface area (Å²) in [6, 6.07) is 1.09. The van der Waals surface area contributed by atoms with Gasteiger partial charge < -0.3 is 44.0 Å². The Hall–Kier alpha value is -3.90. The molecule has 1 aliphatic rings. The van der Waals surface area contributed by atoms with Gasteiger partial charge in [0, 0.05) is 45.0 Å². The number of carbonyl (C=O) groups is 6. The van der Waals surface area contributed by atoms with Crippen LogP contribution in [0, 0.1) is 0 Å². The van der Waals surface area contributed by atoms with Crippen LogP contribution in [-0.4, -0.2) is 110 Å². The largest absolute Gasteiger partial charge is 0.481 e. The highest BCUT2D eigenvalue weighted by atomic mass is 79.9. The van der Waals surface area contributed by atoms with Crippen molar-refractivity contribution in [2.45, 2.75) is 70.0 Å². The van der Waals surface area contributed by atoms with Crippen LogP contribution in [0.2, 0.25) is 0 Å². The van der Waals surface area contributed by atoms with Crippen molar-refractivity contribution in [1.29, 1.82) is 0 Å². The summed E-state index contributed by atoms with van der Waals surface area (Å²) in [7, 11) is -5.21. The molecule has 50 heavy (non-hydrogen) atoms. The lowest BCUT2D eigenvalue weighted by molar-refractivity contribution is -0.174. The van der Waals surface area contributed by atoms with E-state index in [4.69, 9.17) is 43.5 Å². The number of ether oxygens (including phenoxy) is 6. The molecule has 1 heterocycles. The number of carbonyl (C=O) groups excluding carboxylic acids is 4. The fraction of sp³-hybridized carbons (Fsp3) is 0.556. The summed E-state index contributed by atoms with van der Waals surface area (Å²) < 4.78 is 103. The highest BCUT2D eigenvalue weighted by molar-refractivity contribution is 9.10. The molecular weight excluding hydrogens is 779 g/mol. The predicted octanol–water partition coefficient (Wildman–Crippen LogP) is 1.95. The predicted molar refractivity (Wildman–Crippen MR) is 161 cm³/mol. The summed E-state index contributed by atoms with van der Waals surface area (Å²) >= 11 is 2.70. The van der Waals surface area contributed by atoms with Crippen molar-refractivity contribution in [1.82, 2.24) is 5.32 Å². The Morgan fingerprint density at radius 2 is 1.48 bits per heavy atom. The van der Waals surface area contributed by atoms with Crippen LogP contribution in [0.25, 0.3) is 0 Å². The van der Waals surface area contributed by atoms with Crippen LogP contribution in [0.4, 0.5) is 13.2 Å². The van der Waals surface area contributed by atoms with Gasteiger partial charge in [-0.05, 0) is 12.1 Å². The van der Waals surface area contributed by atoms with Crippen LogP contribution < -0.4 is 10.1 Å². The molecule has 18 nitrogen and oxygen atoms in total. The first kappa shape index (κ1) is 46.1. The fourth-order valence-electron chi connectivity index (χ4n) is 3.59. The normalized spacial score (nSPS) is 17.0. The first-order valence-corrected chi connectivity index (χ1v) is 16.0. The van der Waals surface area contributed by atoms with Gasteiger partial charge in [-0.25, -0.2) is 4.79 Å². The van der Waals surface area contributed by atoms with E-state index in [0.29, 0.717) is 12.1 Å². The quantitative estimate of drug-likeness (QED) is 0.0959. The number of carboxylic acid groups (broad SMARTS) is 2. The number of nitrogens with one attached hydrogen (secondary N) is 1. The molecule has 0 spiro atoms. The average molecular weight is 815 g/mol. The smallest absolute Gasteiger partial charge is 0.420 e. The number of amides is 1. The Balaban J connectivity index is 0.00000270. The molecule has 1 aromatic rings. The fourth-order valence-corrected chi connectivity index (χ4v) is 4.86. The van der Waals surface area contributed by atoms with E-state index < -0.39 is 99.9 Å². The number of benzene rings is 1. The third-order valence-corrected chi connectivity index (χ3v) is 6.45. The van der Waals surface area contributed by atoms with E-state index in [0.717, 1.165) is 13.8 Å². The molecule has 3 atom stereocenters. The molecule has 23 heteroatoms. The molecule has 0 aliphatic carbocycles. The van der Waals surface area contributed by atoms with Crippen molar-refractivity contribution in [3.8, 4) is 5.75 Å². The summed E-state index contributed by atoms with van der Waals surface area (Å²) in [5.74, 6) is -6.22. The van der Waals surface area contributed by atoms with Crippen molar-refractivity contribution in [3.05, 3.63) is 22.2 Å². The van der Waals surface area contributed by atoms with Crippen molar-refractivity contribution in [3.63, 3.8) is 0 Å². The van der Waals surface area contributed by atoms with Gasteiger partial charge in [-0.1, -0.05) is 15.9 Å². The zero-order valence-electron chi connectivity index (χ0n) is 26.8. The monoisotopic (exact) mass is 813 g/mol. The van der Waals surface area contributed by atoms with Crippen molar-refractivity contribution >= 4 is 61.8 Å². The van der Waals surface area contributed by atoms with Gasteiger partial charge in [-0.2, -0.15) is 21.6 Å². The second kappa shape index (κ2) is 22.0. The molecule has 0 bridgehead atoms. The second-order valence-electron chi connectivity index (χ2n) is 9.69. The summed E-state index contributed by atoms with van der Waals surface area (Å²) in [5, 5.41) is 17.4. The van der Waals surface area contributed by atoms with Crippen LogP contribution in [0.1, 0.15) is 46.1 Å². The molecular formula is C27H35BrF3NO17S. The summed E-state index contributed by atoms with van der Waals surface area (Å²) in [4.78, 5) is 63.4. The van der Waals surface area contributed by atoms with E-state index in [2.05, 4.69) is 26.0 Å². The number of carboxylic acids is 2. The minimum absolute atomic E-state index is 0.119. The minimum atomic E-state index is -5.21. The van der Waals surface area contributed by atoms with Crippen molar-refractivity contribution in [2.24, 2.45) is 0 Å². The van der Waals surface area contributed by atoms with Crippen LogP contribution in [0.15, 0.2) is 21.5 Å². The first-order chi connectivity index (χ1) is 22.9. The van der Waals surface area contributed by atoms with Gasteiger partial charge in [0.1, 0.15) is 42.6 Å². The molecule has 2 rings (SSSR count). The van der Waals surface area contributed by atoms with E-state index in [1.54, 1.807) is 0 Å². The van der Waals surface area contributed by atoms with Gasteiger partial charge in [0.25, 0.3) is 22.1 Å². The first-order valence-electron chi connectivity index (χ1n) is 13.8. The van der Waals surface area contributed by atoms with Crippen LogP contribution in [0.3, 0.4) is 0 Å². The lowest BCUT2D eigenvalue weighted by atomic mass is 10.0. The van der Waals surface area contributed by atoms with E-state index in [1.165, 1.54) is 13.8 Å². The third kappa shape index (κ3) is 21.2. The molecule has 0 saturated carbocycles. The van der Waals surface area contributed by atoms with Crippen LogP contribution >= 0.6 is 15.9 Å². The van der Waals surface area contributed by atoms with Crippen LogP contribution in [0.5, 0.6) is 5.75 Å². The number of halogens is 4.